The highest BCUT2D eigenvalue weighted by Gasteiger charge is 2.08. The molecule has 0 bridgehead atoms. The Morgan fingerprint density at radius 3 is 2.68 bits per heavy atom. The van der Waals surface area contributed by atoms with Crippen molar-refractivity contribution < 1.29 is 14.3 Å². The van der Waals surface area contributed by atoms with E-state index in [2.05, 4.69) is 15.6 Å². The lowest BCUT2D eigenvalue weighted by Gasteiger charge is -2.10. The lowest BCUT2D eigenvalue weighted by Crippen LogP contribution is -2.30. The van der Waals surface area contributed by atoms with Crippen molar-refractivity contribution in [3.8, 4) is 11.5 Å². The average Bonchev–Trinajstić information content (AvgIpc) is 2.73. The smallest absolute Gasteiger partial charge is 0.277 e. The molecule has 1 amide bonds. The van der Waals surface area contributed by atoms with Crippen LogP contribution in [0.1, 0.15) is 12.0 Å². The van der Waals surface area contributed by atoms with Gasteiger partial charge in [-0.05, 0) is 36.2 Å². The number of benzene rings is 2. The van der Waals surface area contributed by atoms with Crippen LogP contribution in [0.5, 0.6) is 11.5 Å². The van der Waals surface area contributed by atoms with Crippen molar-refractivity contribution in [2.24, 2.45) is 0 Å². The minimum Gasteiger partial charge on any atom is -0.493 e. The summed E-state index contributed by atoms with van der Waals surface area (Å²) in [5, 5.41) is 11.2. The molecule has 0 aliphatic heterocycles. The predicted molar refractivity (Wildman–Crippen MR) is 105 cm³/mol. The van der Waals surface area contributed by atoms with Gasteiger partial charge in [0, 0.05) is 13.0 Å². The van der Waals surface area contributed by atoms with E-state index in [1.54, 1.807) is 38.5 Å². The molecule has 0 unspecified atom stereocenters. The number of fused-ring (bicyclic) bond motifs is 1. The third kappa shape index (κ3) is 4.46. The van der Waals surface area contributed by atoms with Gasteiger partial charge in [-0.15, -0.1) is 5.10 Å². The standard InChI is InChI=1S/C20H22N4O4/c1-27-17-8-7-14(13-18(17)28-2)9-11-21-19(25)10-12-24-20(26)15-5-3-4-6-16(15)22-23-24/h3-8,13H,9-12H2,1-2H3,(H,21,25). The highest BCUT2D eigenvalue weighted by Crippen LogP contribution is 2.27. The second-order valence-electron chi connectivity index (χ2n) is 6.17. The van der Waals surface area contributed by atoms with E-state index in [9.17, 15) is 9.59 Å². The number of methoxy groups -OCH3 is 2. The van der Waals surface area contributed by atoms with Gasteiger partial charge in [0.1, 0.15) is 5.52 Å². The summed E-state index contributed by atoms with van der Waals surface area (Å²) in [6, 6.07) is 12.7. The Morgan fingerprint density at radius 2 is 1.89 bits per heavy atom. The van der Waals surface area contributed by atoms with Gasteiger partial charge in [0.15, 0.2) is 11.5 Å². The van der Waals surface area contributed by atoms with Crippen molar-refractivity contribution in [3.05, 3.63) is 58.4 Å². The van der Waals surface area contributed by atoms with E-state index in [-0.39, 0.29) is 24.4 Å². The van der Waals surface area contributed by atoms with Crippen LogP contribution in [-0.4, -0.2) is 41.7 Å². The first-order chi connectivity index (χ1) is 13.6. The Labute approximate surface area is 162 Å². The normalized spacial score (nSPS) is 10.6. The molecule has 8 nitrogen and oxygen atoms in total. The summed E-state index contributed by atoms with van der Waals surface area (Å²) in [7, 11) is 3.17. The molecule has 28 heavy (non-hydrogen) atoms. The summed E-state index contributed by atoms with van der Waals surface area (Å²) in [6.07, 6.45) is 0.806. The second-order valence-corrected chi connectivity index (χ2v) is 6.17. The minimum atomic E-state index is -0.247. The number of hydrogen-bond donors (Lipinski definition) is 1. The van der Waals surface area contributed by atoms with Crippen LogP contribution < -0.4 is 20.3 Å². The lowest BCUT2D eigenvalue weighted by atomic mass is 10.1. The highest BCUT2D eigenvalue weighted by atomic mass is 16.5. The number of nitrogens with one attached hydrogen (secondary N) is 1. The van der Waals surface area contributed by atoms with E-state index in [1.807, 2.05) is 18.2 Å². The Balaban J connectivity index is 1.51. The molecule has 3 aromatic rings. The molecule has 0 radical (unpaired) electrons. The van der Waals surface area contributed by atoms with Crippen molar-refractivity contribution >= 4 is 16.8 Å². The maximum Gasteiger partial charge on any atom is 0.277 e. The number of carbonyl (C=O) groups is 1. The van der Waals surface area contributed by atoms with Crippen LogP contribution in [0.4, 0.5) is 0 Å². The molecule has 0 aliphatic rings. The molecule has 1 heterocycles. The number of amides is 1. The van der Waals surface area contributed by atoms with Crippen LogP contribution in [0.15, 0.2) is 47.3 Å². The van der Waals surface area contributed by atoms with Gasteiger partial charge in [-0.2, -0.15) is 0 Å². The quantitative estimate of drug-likeness (QED) is 0.635. The van der Waals surface area contributed by atoms with Gasteiger partial charge in [-0.3, -0.25) is 9.59 Å². The average molecular weight is 382 g/mol. The molecule has 2 aromatic carbocycles. The monoisotopic (exact) mass is 382 g/mol. The van der Waals surface area contributed by atoms with Crippen LogP contribution in [0.25, 0.3) is 10.9 Å². The van der Waals surface area contributed by atoms with E-state index in [4.69, 9.17) is 9.47 Å². The van der Waals surface area contributed by atoms with Crippen molar-refractivity contribution in [2.45, 2.75) is 19.4 Å². The fraction of sp³-hybridized carbons (Fsp3) is 0.300. The van der Waals surface area contributed by atoms with E-state index in [0.717, 1.165) is 5.56 Å². The van der Waals surface area contributed by atoms with Gasteiger partial charge >= 0.3 is 0 Å². The Bertz CT molecular complexity index is 1030. The molecule has 0 saturated carbocycles. The summed E-state index contributed by atoms with van der Waals surface area (Å²) in [5.41, 5.74) is 1.32. The first-order valence-corrected chi connectivity index (χ1v) is 8.92. The molecule has 0 aliphatic carbocycles. The predicted octanol–water partition coefficient (Wildman–Crippen LogP) is 1.56. The van der Waals surface area contributed by atoms with E-state index >= 15 is 0 Å². The number of carbonyl (C=O) groups excluding carboxylic acids is 1. The topological polar surface area (TPSA) is 95.3 Å². The Morgan fingerprint density at radius 1 is 1.11 bits per heavy atom. The summed E-state index contributed by atoms with van der Waals surface area (Å²) in [4.78, 5) is 24.4. The maximum atomic E-state index is 12.4. The molecule has 1 aromatic heterocycles. The van der Waals surface area contributed by atoms with Gasteiger partial charge in [0.2, 0.25) is 5.91 Å². The summed E-state index contributed by atoms with van der Waals surface area (Å²) in [5.74, 6) is 1.17. The third-order valence-corrected chi connectivity index (χ3v) is 4.36. The molecule has 0 saturated heterocycles. The van der Waals surface area contributed by atoms with Crippen LogP contribution >= 0.6 is 0 Å². The Kier molecular flexibility index (Phi) is 6.21. The third-order valence-electron chi connectivity index (χ3n) is 4.36. The van der Waals surface area contributed by atoms with Gasteiger partial charge in [-0.1, -0.05) is 23.4 Å². The zero-order chi connectivity index (χ0) is 19.9. The molecule has 0 spiro atoms. The number of aryl methyl sites for hydroxylation is 1. The van der Waals surface area contributed by atoms with Crippen molar-refractivity contribution in [2.75, 3.05) is 20.8 Å². The fourth-order valence-corrected chi connectivity index (χ4v) is 2.85. The molecular formula is C20H22N4O4. The zero-order valence-electron chi connectivity index (χ0n) is 15.8. The van der Waals surface area contributed by atoms with Crippen LogP contribution in [0.3, 0.4) is 0 Å². The van der Waals surface area contributed by atoms with Gasteiger partial charge in [0.05, 0.1) is 26.2 Å². The van der Waals surface area contributed by atoms with Crippen molar-refractivity contribution in [1.82, 2.24) is 20.3 Å². The summed E-state index contributed by atoms with van der Waals surface area (Å²) in [6.45, 7) is 0.658. The SMILES string of the molecule is COc1ccc(CCNC(=O)CCn2nnc3ccccc3c2=O)cc1OC. The second kappa shape index (κ2) is 8.98. The van der Waals surface area contributed by atoms with Gasteiger partial charge in [-0.25, -0.2) is 4.68 Å². The van der Waals surface area contributed by atoms with E-state index in [1.165, 1.54) is 4.68 Å². The van der Waals surface area contributed by atoms with E-state index in [0.29, 0.717) is 35.4 Å². The molecule has 0 atom stereocenters. The number of hydrogen-bond acceptors (Lipinski definition) is 6. The van der Waals surface area contributed by atoms with Crippen molar-refractivity contribution in [1.29, 1.82) is 0 Å². The number of ether oxygens (including phenoxy) is 2. The zero-order valence-corrected chi connectivity index (χ0v) is 15.8. The fourth-order valence-electron chi connectivity index (χ4n) is 2.85. The lowest BCUT2D eigenvalue weighted by molar-refractivity contribution is -0.121. The first-order valence-electron chi connectivity index (χ1n) is 8.92. The number of nitrogens with zero attached hydrogens (tertiary/aromatic N) is 3. The maximum absolute atomic E-state index is 12.4. The van der Waals surface area contributed by atoms with Crippen LogP contribution in [0.2, 0.25) is 0 Å². The number of rotatable bonds is 8. The van der Waals surface area contributed by atoms with Crippen LogP contribution in [-0.2, 0) is 17.8 Å². The number of aromatic nitrogens is 3. The first kappa shape index (κ1) is 19.3. The largest absolute Gasteiger partial charge is 0.493 e. The van der Waals surface area contributed by atoms with E-state index < -0.39 is 0 Å². The summed E-state index contributed by atoms with van der Waals surface area (Å²) >= 11 is 0. The van der Waals surface area contributed by atoms with Gasteiger partial charge in [0.25, 0.3) is 5.56 Å². The Hall–Kier alpha value is -3.42. The summed E-state index contributed by atoms with van der Waals surface area (Å²) < 4.78 is 11.7. The molecule has 0 fully saturated rings. The molecule has 3 rings (SSSR count). The molecule has 8 heteroatoms. The highest BCUT2D eigenvalue weighted by molar-refractivity contribution is 5.77. The molecular weight excluding hydrogens is 360 g/mol. The van der Waals surface area contributed by atoms with Crippen LogP contribution in [0, 0.1) is 0 Å². The molecule has 1 N–H and O–H groups in total. The molecule has 146 valence electrons. The minimum absolute atomic E-state index is 0.151. The van der Waals surface area contributed by atoms with Gasteiger partial charge < -0.3 is 14.8 Å². The van der Waals surface area contributed by atoms with Crippen molar-refractivity contribution in [3.63, 3.8) is 0 Å².